The van der Waals surface area contributed by atoms with Gasteiger partial charge in [0.2, 0.25) is 0 Å². The van der Waals surface area contributed by atoms with Gasteiger partial charge in [-0.3, -0.25) is 0 Å². The Morgan fingerprint density at radius 1 is 1.27 bits per heavy atom. The first-order chi connectivity index (χ1) is 7.40. The highest BCUT2D eigenvalue weighted by Crippen LogP contribution is 2.21. The average Bonchev–Trinajstić information content (AvgIpc) is 2.75. The number of ether oxygens (including phenoxy) is 1. The minimum atomic E-state index is 0.204. The Hall–Kier alpha value is -1.12. The second-order valence-corrected chi connectivity index (χ2v) is 3.92. The van der Waals surface area contributed by atoms with Gasteiger partial charge in [-0.15, -0.1) is 0 Å². The summed E-state index contributed by atoms with van der Waals surface area (Å²) < 4.78 is 5.83. The van der Waals surface area contributed by atoms with E-state index in [2.05, 4.69) is 24.3 Å². The average molecular weight is 203 g/mol. The third-order valence-corrected chi connectivity index (χ3v) is 2.82. The lowest BCUT2D eigenvalue weighted by Gasteiger charge is -2.18. The van der Waals surface area contributed by atoms with Gasteiger partial charge in [-0.25, -0.2) is 0 Å². The van der Waals surface area contributed by atoms with E-state index in [1.54, 1.807) is 0 Å². The molecule has 0 saturated carbocycles. The summed E-state index contributed by atoms with van der Waals surface area (Å²) in [6, 6.07) is 10.2. The summed E-state index contributed by atoms with van der Waals surface area (Å²) in [4.78, 5) is 0. The number of allylic oxidation sites excluding steroid dienone is 1. The van der Waals surface area contributed by atoms with Crippen molar-refractivity contribution in [3.63, 3.8) is 0 Å². The van der Waals surface area contributed by atoms with E-state index in [-0.39, 0.29) is 6.10 Å². The van der Waals surface area contributed by atoms with Gasteiger partial charge >= 0.3 is 0 Å². The van der Waals surface area contributed by atoms with E-state index in [1.807, 2.05) is 18.2 Å². The Bertz CT molecular complexity index is 321. The van der Waals surface area contributed by atoms with Crippen molar-refractivity contribution in [1.29, 1.82) is 0 Å². The summed E-state index contributed by atoms with van der Waals surface area (Å²) in [5.41, 5.74) is 6.89. The van der Waals surface area contributed by atoms with Crippen molar-refractivity contribution in [3.8, 4) is 0 Å². The lowest BCUT2D eigenvalue weighted by molar-refractivity contribution is 0.0425. The first kappa shape index (κ1) is 10.4. The van der Waals surface area contributed by atoms with Gasteiger partial charge in [0.25, 0.3) is 0 Å². The van der Waals surface area contributed by atoms with Crippen molar-refractivity contribution in [1.82, 2.24) is 0 Å². The predicted molar refractivity (Wildman–Crippen MR) is 61.3 cm³/mol. The molecule has 2 N–H and O–H groups in total. The molecule has 1 aliphatic rings. The van der Waals surface area contributed by atoms with Crippen LogP contribution in [0.3, 0.4) is 0 Å². The molecule has 0 heterocycles. The van der Waals surface area contributed by atoms with Crippen molar-refractivity contribution in [2.75, 3.05) is 6.54 Å². The number of hydrogen-bond acceptors (Lipinski definition) is 2. The summed E-state index contributed by atoms with van der Waals surface area (Å²) in [6.07, 6.45) is 5.54. The first-order valence-electron chi connectivity index (χ1n) is 5.42. The molecule has 80 valence electrons. The summed E-state index contributed by atoms with van der Waals surface area (Å²) in [7, 11) is 0. The summed E-state index contributed by atoms with van der Waals surface area (Å²) >= 11 is 0. The van der Waals surface area contributed by atoms with Crippen molar-refractivity contribution < 1.29 is 4.74 Å². The molecule has 0 spiro atoms. The van der Waals surface area contributed by atoms with Gasteiger partial charge in [-0.1, -0.05) is 42.5 Å². The van der Waals surface area contributed by atoms with Crippen molar-refractivity contribution in [2.45, 2.75) is 19.1 Å². The maximum atomic E-state index is 5.83. The van der Waals surface area contributed by atoms with Crippen LogP contribution in [-0.2, 0) is 11.3 Å². The Morgan fingerprint density at radius 2 is 2.07 bits per heavy atom. The van der Waals surface area contributed by atoms with E-state index in [9.17, 15) is 0 Å². The van der Waals surface area contributed by atoms with Crippen LogP contribution in [0.25, 0.3) is 0 Å². The third kappa shape index (κ3) is 2.67. The molecular formula is C13H17NO. The smallest absolute Gasteiger partial charge is 0.0803 e. The third-order valence-electron chi connectivity index (χ3n) is 2.82. The predicted octanol–water partition coefficient (Wildman–Crippen LogP) is 2.11. The highest BCUT2D eigenvalue weighted by molar-refractivity contribution is 5.14. The van der Waals surface area contributed by atoms with Crippen LogP contribution in [0.5, 0.6) is 0 Å². The van der Waals surface area contributed by atoms with Crippen LogP contribution in [0, 0.1) is 5.92 Å². The zero-order valence-corrected chi connectivity index (χ0v) is 8.80. The van der Waals surface area contributed by atoms with E-state index in [4.69, 9.17) is 10.5 Å². The van der Waals surface area contributed by atoms with Gasteiger partial charge < -0.3 is 10.5 Å². The fourth-order valence-corrected chi connectivity index (χ4v) is 1.87. The van der Waals surface area contributed by atoms with Crippen LogP contribution >= 0.6 is 0 Å². The minimum absolute atomic E-state index is 0.204. The van der Waals surface area contributed by atoms with E-state index in [1.165, 1.54) is 5.56 Å². The molecule has 2 rings (SSSR count). The molecule has 0 fully saturated rings. The van der Waals surface area contributed by atoms with Gasteiger partial charge in [0, 0.05) is 5.92 Å². The Kier molecular flexibility index (Phi) is 3.54. The number of rotatable bonds is 4. The van der Waals surface area contributed by atoms with E-state index in [0.717, 1.165) is 6.42 Å². The summed E-state index contributed by atoms with van der Waals surface area (Å²) in [5.74, 6) is 0.466. The zero-order chi connectivity index (χ0) is 10.5. The monoisotopic (exact) mass is 203 g/mol. The van der Waals surface area contributed by atoms with E-state index >= 15 is 0 Å². The van der Waals surface area contributed by atoms with Crippen molar-refractivity contribution >= 4 is 0 Å². The standard InChI is InChI=1S/C13H17NO/c14-9-12-7-4-8-13(12)15-10-11-5-2-1-3-6-11/h1-6,8,12-13H,7,9-10,14H2/t12-,13-/m0/s1. The number of benzene rings is 1. The fraction of sp³-hybridized carbons (Fsp3) is 0.385. The van der Waals surface area contributed by atoms with E-state index in [0.29, 0.717) is 19.1 Å². The van der Waals surface area contributed by atoms with Gasteiger partial charge in [-0.2, -0.15) is 0 Å². The Balaban J connectivity index is 1.85. The molecule has 0 radical (unpaired) electrons. The molecule has 0 bridgehead atoms. The van der Waals surface area contributed by atoms with Crippen LogP contribution in [0.2, 0.25) is 0 Å². The van der Waals surface area contributed by atoms with Crippen molar-refractivity contribution in [2.24, 2.45) is 11.7 Å². The second kappa shape index (κ2) is 5.10. The van der Waals surface area contributed by atoms with Gasteiger partial charge in [0.15, 0.2) is 0 Å². The van der Waals surface area contributed by atoms with E-state index < -0.39 is 0 Å². The molecule has 2 atom stereocenters. The van der Waals surface area contributed by atoms with Gasteiger partial charge in [-0.05, 0) is 18.5 Å². The molecule has 1 aromatic carbocycles. The second-order valence-electron chi connectivity index (χ2n) is 3.92. The molecule has 0 saturated heterocycles. The molecule has 0 aliphatic heterocycles. The molecule has 15 heavy (non-hydrogen) atoms. The quantitative estimate of drug-likeness (QED) is 0.761. The molecule has 2 heteroatoms. The highest BCUT2D eigenvalue weighted by atomic mass is 16.5. The highest BCUT2D eigenvalue weighted by Gasteiger charge is 2.21. The van der Waals surface area contributed by atoms with Crippen molar-refractivity contribution in [3.05, 3.63) is 48.0 Å². The molecule has 2 nitrogen and oxygen atoms in total. The van der Waals surface area contributed by atoms with Crippen LogP contribution in [0.15, 0.2) is 42.5 Å². The SMILES string of the molecule is NC[C@@H]1CC=C[C@@H]1OCc1ccccc1. The van der Waals surface area contributed by atoms with Crippen LogP contribution in [0.1, 0.15) is 12.0 Å². The first-order valence-corrected chi connectivity index (χ1v) is 5.42. The molecule has 0 amide bonds. The van der Waals surface area contributed by atoms with Crippen LogP contribution in [-0.4, -0.2) is 12.6 Å². The van der Waals surface area contributed by atoms with Crippen LogP contribution in [0.4, 0.5) is 0 Å². The molecular weight excluding hydrogens is 186 g/mol. The largest absolute Gasteiger partial charge is 0.369 e. The topological polar surface area (TPSA) is 35.2 Å². The number of nitrogens with two attached hydrogens (primary N) is 1. The maximum absolute atomic E-state index is 5.83. The lowest BCUT2D eigenvalue weighted by atomic mass is 10.1. The van der Waals surface area contributed by atoms with Crippen LogP contribution < -0.4 is 5.73 Å². The number of hydrogen-bond donors (Lipinski definition) is 1. The Morgan fingerprint density at radius 3 is 2.80 bits per heavy atom. The van der Waals surface area contributed by atoms with Gasteiger partial charge in [0.1, 0.15) is 0 Å². The minimum Gasteiger partial charge on any atom is -0.369 e. The summed E-state index contributed by atoms with van der Waals surface area (Å²) in [6.45, 7) is 1.37. The molecule has 0 unspecified atom stereocenters. The Labute approximate surface area is 90.7 Å². The summed E-state index contributed by atoms with van der Waals surface area (Å²) in [5, 5.41) is 0. The molecule has 1 aromatic rings. The lowest BCUT2D eigenvalue weighted by Crippen LogP contribution is -2.25. The normalized spacial score (nSPS) is 24.6. The fourth-order valence-electron chi connectivity index (χ4n) is 1.87. The zero-order valence-electron chi connectivity index (χ0n) is 8.80. The molecule has 1 aliphatic carbocycles. The maximum Gasteiger partial charge on any atom is 0.0803 e. The molecule has 0 aromatic heterocycles. The van der Waals surface area contributed by atoms with Gasteiger partial charge in [0.05, 0.1) is 12.7 Å².